The molecule has 1 unspecified atom stereocenters. The Morgan fingerprint density at radius 3 is 2.82 bits per heavy atom. The van der Waals surface area contributed by atoms with Gasteiger partial charge in [-0.05, 0) is 60.8 Å². The third-order valence-corrected chi connectivity index (χ3v) is 6.55. The Balaban J connectivity index is 1.31. The number of aromatic hydroxyl groups is 1. The lowest BCUT2D eigenvalue weighted by Crippen LogP contribution is -2.41. The molecule has 33 heavy (non-hydrogen) atoms. The van der Waals surface area contributed by atoms with Gasteiger partial charge in [0.15, 0.2) is 5.88 Å². The minimum absolute atomic E-state index is 0.00545. The van der Waals surface area contributed by atoms with Crippen LogP contribution in [0.5, 0.6) is 5.88 Å². The minimum Gasteiger partial charge on any atom is -0.494 e. The number of hydrogen-bond acceptors (Lipinski definition) is 5. The molecule has 3 N–H and O–H groups in total. The fourth-order valence-corrected chi connectivity index (χ4v) is 4.69. The number of nitrogens with one attached hydrogen (secondary N) is 2. The smallest absolute Gasteiger partial charge is 0.251 e. The summed E-state index contributed by atoms with van der Waals surface area (Å²) < 4.78 is 1.51. The molecule has 0 saturated carbocycles. The second-order valence-electron chi connectivity index (χ2n) is 8.90. The summed E-state index contributed by atoms with van der Waals surface area (Å²) >= 11 is 0. The molecule has 3 heterocycles. The van der Waals surface area contributed by atoms with Crippen molar-refractivity contribution >= 4 is 28.5 Å². The molecule has 1 atom stereocenters. The lowest BCUT2D eigenvalue weighted by atomic mass is 9.97. The van der Waals surface area contributed by atoms with Gasteiger partial charge in [-0.15, -0.1) is 0 Å². The number of carbonyl (C=O) groups excluding carboxylic acids is 3. The number of imide groups is 1. The molecule has 2 aliphatic heterocycles. The van der Waals surface area contributed by atoms with Gasteiger partial charge < -0.3 is 19.9 Å². The normalized spacial score (nSPS) is 18.8. The van der Waals surface area contributed by atoms with E-state index in [2.05, 4.69) is 22.6 Å². The Morgan fingerprint density at radius 2 is 2.00 bits per heavy atom. The van der Waals surface area contributed by atoms with Crippen molar-refractivity contribution in [2.45, 2.75) is 38.4 Å². The predicted molar refractivity (Wildman–Crippen MR) is 123 cm³/mol. The zero-order valence-corrected chi connectivity index (χ0v) is 18.4. The van der Waals surface area contributed by atoms with Crippen molar-refractivity contribution in [1.29, 1.82) is 0 Å². The largest absolute Gasteiger partial charge is 0.494 e. The van der Waals surface area contributed by atoms with Crippen molar-refractivity contribution in [2.75, 3.05) is 13.6 Å². The number of likely N-dealkylation sites (N-methyl/N-ethyl adjacent to an activating group) is 1. The molecule has 8 nitrogen and oxygen atoms in total. The number of carbonyl (C=O) groups is 3. The van der Waals surface area contributed by atoms with Gasteiger partial charge >= 0.3 is 0 Å². The molecule has 3 aromatic rings. The molecule has 2 aliphatic rings. The van der Waals surface area contributed by atoms with Gasteiger partial charge in [0.2, 0.25) is 11.8 Å². The van der Waals surface area contributed by atoms with Gasteiger partial charge in [0.05, 0.1) is 0 Å². The number of amides is 3. The minimum atomic E-state index is -0.624. The standard InChI is InChI=1S/C25H26N4O4/c1-28-9-8-16-3-4-17(11-18(16)13-28)23(31)26-12-15-2-5-20-19(10-15)14-29(25(20)33)21-6-7-22(30)27-24(21)32/h2-5,10-11,14,21,33H,6-9,12-13H2,1H3,(H,26,31)(H,27,30,32). The van der Waals surface area contributed by atoms with Crippen molar-refractivity contribution in [3.63, 3.8) is 0 Å². The molecular formula is C25H26N4O4. The lowest BCUT2D eigenvalue weighted by molar-refractivity contribution is -0.135. The van der Waals surface area contributed by atoms with E-state index in [9.17, 15) is 19.5 Å². The molecule has 0 spiro atoms. The summed E-state index contributed by atoms with van der Waals surface area (Å²) in [5.74, 6) is -0.841. The third-order valence-electron chi connectivity index (χ3n) is 6.55. The molecule has 170 valence electrons. The molecule has 0 bridgehead atoms. The topological polar surface area (TPSA) is 104 Å². The van der Waals surface area contributed by atoms with Crippen LogP contribution in [0, 0.1) is 0 Å². The monoisotopic (exact) mass is 446 g/mol. The Labute approximate surface area is 191 Å². The van der Waals surface area contributed by atoms with Gasteiger partial charge in [-0.1, -0.05) is 12.1 Å². The number of hydrogen-bond donors (Lipinski definition) is 3. The molecule has 1 saturated heterocycles. The maximum atomic E-state index is 12.7. The van der Waals surface area contributed by atoms with Crippen LogP contribution in [0.25, 0.3) is 10.8 Å². The number of rotatable bonds is 4. The van der Waals surface area contributed by atoms with Crippen molar-refractivity contribution in [3.8, 4) is 5.88 Å². The van der Waals surface area contributed by atoms with Crippen molar-refractivity contribution in [3.05, 3.63) is 64.8 Å². The van der Waals surface area contributed by atoms with Crippen LogP contribution in [-0.4, -0.2) is 45.9 Å². The van der Waals surface area contributed by atoms with Crippen LogP contribution in [0.15, 0.2) is 42.6 Å². The predicted octanol–water partition coefficient (Wildman–Crippen LogP) is 2.24. The van der Waals surface area contributed by atoms with E-state index in [-0.39, 0.29) is 24.1 Å². The highest BCUT2D eigenvalue weighted by Gasteiger charge is 2.30. The van der Waals surface area contributed by atoms with E-state index in [1.54, 1.807) is 12.3 Å². The van der Waals surface area contributed by atoms with Gasteiger partial charge in [-0.25, -0.2) is 0 Å². The first-order valence-electron chi connectivity index (χ1n) is 11.1. The first-order valence-corrected chi connectivity index (χ1v) is 11.1. The molecule has 8 heteroatoms. The molecule has 1 fully saturated rings. The summed E-state index contributed by atoms with van der Waals surface area (Å²) in [6, 6.07) is 10.8. The zero-order chi connectivity index (χ0) is 23.1. The highest BCUT2D eigenvalue weighted by Crippen LogP contribution is 2.33. The van der Waals surface area contributed by atoms with Crippen LogP contribution in [0.2, 0.25) is 0 Å². The summed E-state index contributed by atoms with van der Waals surface area (Å²) in [5, 5.41) is 17.3. The van der Waals surface area contributed by atoms with Crippen LogP contribution >= 0.6 is 0 Å². The van der Waals surface area contributed by atoms with Gasteiger partial charge in [0, 0.05) is 48.6 Å². The van der Waals surface area contributed by atoms with Gasteiger partial charge in [0.25, 0.3) is 5.91 Å². The molecule has 0 aliphatic carbocycles. The Hall–Kier alpha value is -3.65. The maximum Gasteiger partial charge on any atom is 0.251 e. The molecule has 0 radical (unpaired) electrons. The highest BCUT2D eigenvalue weighted by molar-refractivity contribution is 6.00. The first-order chi connectivity index (χ1) is 15.9. The fraction of sp³-hybridized carbons (Fsp3) is 0.320. The van der Waals surface area contributed by atoms with Crippen LogP contribution < -0.4 is 10.6 Å². The van der Waals surface area contributed by atoms with Crippen LogP contribution in [0.4, 0.5) is 0 Å². The Morgan fingerprint density at radius 1 is 1.15 bits per heavy atom. The van der Waals surface area contributed by atoms with E-state index in [1.165, 1.54) is 15.7 Å². The van der Waals surface area contributed by atoms with E-state index in [1.807, 2.05) is 30.3 Å². The van der Waals surface area contributed by atoms with Gasteiger partial charge in [0.1, 0.15) is 6.04 Å². The molecular weight excluding hydrogens is 420 g/mol. The molecule has 5 rings (SSSR count). The number of benzene rings is 2. The maximum absolute atomic E-state index is 12.7. The average molecular weight is 447 g/mol. The second-order valence-corrected chi connectivity index (χ2v) is 8.90. The third kappa shape index (κ3) is 4.09. The fourth-order valence-electron chi connectivity index (χ4n) is 4.69. The number of piperidine rings is 1. The summed E-state index contributed by atoms with van der Waals surface area (Å²) in [6.45, 7) is 2.22. The Bertz CT molecular complexity index is 1280. The van der Waals surface area contributed by atoms with E-state index >= 15 is 0 Å². The van der Waals surface area contributed by atoms with E-state index in [4.69, 9.17) is 0 Å². The van der Waals surface area contributed by atoms with Crippen LogP contribution in [0.3, 0.4) is 0 Å². The van der Waals surface area contributed by atoms with Crippen LogP contribution in [0.1, 0.15) is 45.9 Å². The van der Waals surface area contributed by atoms with E-state index in [0.717, 1.165) is 30.5 Å². The summed E-state index contributed by atoms with van der Waals surface area (Å²) in [6.07, 6.45) is 3.30. The van der Waals surface area contributed by atoms with Crippen molar-refractivity contribution in [1.82, 2.24) is 20.1 Å². The van der Waals surface area contributed by atoms with Crippen molar-refractivity contribution in [2.24, 2.45) is 0 Å². The van der Waals surface area contributed by atoms with Crippen LogP contribution in [-0.2, 0) is 29.1 Å². The van der Waals surface area contributed by atoms with E-state index < -0.39 is 11.9 Å². The Kier molecular flexibility index (Phi) is 5.38. The molecule has 3 amide bonds. The van der Waals surface area contributed by atoms with E-state index in [0.29, 0.717) is 23.9 Å². The average Bonchev–Trinajstić information content (AvgIpc) is 3.12. The van der Waals surface area contributed by atoms with Gasteiger partial charge in [-0.3, -0.25) is 19.7 Å². The highest BCUT2D eigenvalue weighted by atomic mass is 16.3. The molecule has 2 aromatic carbocycles. The van der Waals surface area contributed by atoms with Gasteiger partial charge in [-0.2, -0.15) is 0 Å². The SMILES string of the molecule is CN1CCc2ccc(C(=O)NCc3ccc4c(O)n(C5CCC(=O)NC5=O)cc4c3)cc2C1. The summed E-state index contributed by atoms with van der Waals surface area (Å²) in [4.78, 5) is 38.6. The quantitative estimate of drug-likeness (QED) is 0.534. The summed E-state index contributed by atoms with van der Waals surface area (Å²) in [7, 11) is 2.08. The zero-order valence-electron chi connectivity index (χ0n) is 18.4. The number of nitrogens with zero attached hydrogens (tertiary/aromatic N) is 2. The molecule has 1 aromatic heterocycles. The second kappa shape index (κ2) is 8.37. The van der Waals surface area contributed by atoms with Crippen molar-refractivity contribution < 1.29 is 19.5 Å². The number of fused-ring (bicyclic) bond motifs is 2. The first kappa shape index (κ1) is 21.2. The lowest BCUT2D eigenvalue weighted by Gasteiger charge is -2.25. The summed E-state index contributed by atoms with van der Waals surface area (Å²) in [5.41, 5.74) is 4.03. The number of aromatic nitrogens is 1.